The van der Waals surface area contributed by atoms with Crippen LogP contribution in [0.3, 0.4) is 0 Å². The molecule has 1 amide bonds. The Bertz CT molecular complexity index is 806. The molecule has 0 radical (unpaired) electrons. The Morgan fingerprint density at radius 2 is 1.38 bits per heavy atom. The first kappa shape index (κ1) is 27.0. The topological polar surface area (TPSA) is 185 Å². The van der Waals surface area contributed by atoms with Crippen LogP contribution in [0.15, 0.2) is 30.3 Å². The Kier molecular flexibility index (Phi) is 11.3. The molecule has 0 heterocycles. The van der Waals surface area contributed by atoms with Gasteiger partial charge in [-0.3, -0.25) is 33.8 Å². The molecule has 2 atom stereocenters. The van der Waals surface area contributed by atoms with Gasteiger partial charge in [-0.15, -0.1) is 0 Å². The van der Waals surface area contributed by atoms with Crippen LogP contribution in [-0.2, 0) is 24.0 Å². The van der Waals surface area contributed by atoms with Gasteiger partial charge in [0.2, 0.25) is 5.91 Å². The van der Waals surface area contributed by atoms with E-state index >= 15 is 0 Å². The fourth-order valence-corrected chi connectivity index (χ4v) is 3.25. The van der Waals surface area contributed by atoms with Gasteiger partial charge >= 0.3 is 23.9 Å². The Hall–Kier alpha value is -3.03. The van der Waals surface area contributed by atoms with E-state index in [9.17, 15) is 34.2 Å². The molecule has 5 N–H and O–H groups in total. The van der Waals surface area contributed by atoms with Gasteiger partial charge in [0.05, 0.1) is 31.0 Å². The highest BCUT2D eigenvalue weighted by Crippen LogP contribution is 2.22. The van der Waals surface area contributed by atoms with Crippen molar-refractivity contribution in [3.63, 3.8) is 0 Å². The number of hydrogen-bond acceptors (Lipinski definition) is 7. The predicted molar refractivity (Wildman–Crippen MR) is 113 cm³/mol. The molecule has 0 aliphatic rings. The molecule has 0 aliphatic heterocycles. The smallest absolute Gasteiger partial charge is 0.323 e. The van der Waals surface area contributed by atoms with Crippen LogP contribution in [0.4, 0.5) is 0 Å². The number of halogens is 1. The Labute approximate surface area is 191 Å². The maximum Gasteiger partial charge on any atom is 0.323 e. The van der Waals surface area contributed by atoms with Crippen LogP contribution < -0.4 is 5.32 Å². The molecule has 0 fully saturated rings. The van der Waals surface area contributed by atoms with Crippen molar-refractivity contribution in [3.8, 4) is 0 Å². The molecule has 13 heteroatoms. The normalized spacial score (nSPS) is 12.8. The van der Waals surface area contributed by atoms with Gasteiger partial charge in [-0.05, 0) is 5.56 Å². The molecule has 0 saturated heterocycles. The molecule has 0 bridgehead atoms. The predicted octanol–water partition coefficient (Wildman–Crippen LogP) is -0.450. The van der Waals surface area contributed by atoms with E-state index in [2.05, 4.69) is 21.2 Å². The van der Waals surface area contributed by atoms with Crippen LogP contribution in [0.2, 0.25) is 0 Å². The van der Waals surface area contributed by atoms with Crippen molar-refractivity contribution < 1.29 is 44.4 Å². The number of aliphatic carboxylic acids is 4. The highest BCUT2D eigenvalue weighted by molar-refractivity contribution is 9.09. The SMILES string of the molecule is O=C(O)CN(CCN(CC(=O)O)C(C(=O)O)C(NC(=O)CBr)c1ccccc1)CC(=O)O. The second kappa shape index (κ2) is 13.4. The van der Waals surface area contributed by atoms with Gasteiger partial charge < -0.3 is 25.7 Å². The van der Waals surface area contributed by atoms with Crippen molar-refractivity contribution in [1.29, 1.82) is 0 Å². The number of hydrogen-bond donors (Lipinski definition) is 5. The number of carbonyl (C=O) groups is 5. The van der Waals surface area contributed by atoms with Crippen molar-refractivity contribution >= 4 is 45.7 Å². The van der Waals surface area contributed by atoms with Gasteiger partial charge in [0.15, 0.2) is 0 Å². The standard InChI is InChI=1S/C19H24BrN3O9/c20-8-13(24)21-17(12-4-2-1-3-5-12)18(19(31)32)23(11-16(29)30)7-6-22(9-14(25)26)10-15(27)28/h1-5,17-18H,6-11H2,(H,21,24)(H,25,26)(H,27,28)(H,29,30)(H,31,32). The van der Waals surface area contributed by atoms with Crippen molar-refractivity contribution in [2.24, 2.45) is 0 Å². The van der Waals surface area contributed by atoms with Gasteiger partial charge in [-0.1, -0.05) is 46.3 Å². The first-order chi connectivity index (χ1) is 15.0. The molecular weight excluding hydrogens is 494 g/mol. The first-order valence-electron chi connectivity index (χ1n) is 9.30. The summed E-state index contributed by atoms with van der Waals surface area (Å²) < 4.78 is 0. The number of benzene rings is 1. The monoisotopic (exact) mass is 517 g/mol. The van der Waals surface area contributed by atoms with Crippen LogP contribution in [0.5, 0.6) is 0 Å². The van der Waals surface area contributed by atoms with Crippen molar-refractivity contribution in [2.45, 2.75) is 12.1 Å². The molecule has 0 spiro atoms. The van der Waals surface area contributed by atoms with Gasteiger partial charge in [-0.2, -0.15) is 0 Å². The quantitative estimate of drug-likeness (QED) is 0.190. The zero-order valence-corrected chi connectivity index (χ0v) is 18.5. The van der Waals surface area contributed by atoms with Crippen LogP contribution in [0.1, 0.15) is 11.6 Å². The summed E-state index contributed by atoms with van der Waals surface area (Å²) in [5.74, 6) is -5.88. The summed E-state index contributed by atoms with van der Waals surface area (Å²) in [6.07, 6.45) is 0. The highest BCUT2D eigenvalue weighted by atomic mass is 79.9. The molecule has 0 aromatic heterocycles. The fraction of sp³-hybridized carbons (Fsp3) is 0.421. The maximum atomic E-state index is 12.2. The summed E-state index contributed by atoms with van der Waals surface area (Å²) in [6.45, 7) is -2.51. The zero-order chi connectivity index (χ0) is 24.3. The van der Waals surface area contributed by atoms with Gasteiger partial charge in [0, 0.05) is 13.1 Å². The minimum absolute atomic E-state index is 0.118. The van der Waals surface area contributed by atoms with Crippen LogP contribution in [0, 0.1) is 0 Å². The maximum absolute atomic E-state index is 12.2. The molecule has 176 valence electrons. The van der Waals surface area contributed by atoms with E-state index in [4.69, 9.17) is 10.2 Å². The first-order valence-corrected chi connectivity index (χ1v) is 10.4. The lowest BCUT2D eigenvalue weighted by molar-refractivity contribution is -0.149. The van der Waals surface area contributed by atoms with Gasteiger partial charge in [-0.25, -0.2) is 0 Å². The van der Waals surface area contributed by atoms with Crippen LogP contribution >= 0.6 is 15.9 Å². The molecule has 1 aromatic carbocycles. The zero-order valence-electron chi connectivity index (χ0n) is 16.9. The van der Waals surface area contributed by atoms with Crippen LogP contribution in [-0.4, -0.2) is 104 Å². The largest absolute Gasteiger partial charge is 0.480 e. The van der Waals surface area contributed by atoms with Crippen molar-refractivity contribution in [2.75, 3.05) is 38.1 Å². The number of nitrogens with zero attached hydrogens (tertiary/aromatic N) is 2. The summed E-state index contributed by atoms with van der Waals surface area (Å²) in [6, 6.07) is 5.44. The van der Waals surface area contributed by atoms with Crippen LogP contribution in [0.25, 0.3) is 0 Å². The number of carbonyl (C=O) groups excluding carboxylic acids is 1. The third kappa shape index (κ3) is 9.41. The molecule has 12 nitrogen and oxygen atoms in total. The lowest BCUT2D eigenvalue weighted by Crippen LogP contribution is -2.54. The summed E-state index contributed by atoms with van der Waals surface area (Å²) in [5, 5.41) is 39.7. The average molecular weight is 518 g/mol. The number of amides is 1. The lowest BCUT2D eigenvalue weighted by atomic mass is 9.97. The number of alkyl halides is 1. The minimum Gasteiger partial charge on any atom is -0.480 e. The van der Waals surface area contributed by atoms with Crippen molar-refractivity contribution in [1.82, 2.24) is 15.1 Å². The summed E-state index contributed by atoms with van der Waals surface area (Å²) in [7, 11) is 0. The number of carboxylic acids is 4. The Morgan fingerprint density at radius 3 is 1.81 bits per heavy atom. The molecule has 1 aromatic rings. The molecule has 0 saturated carbocycles. The third-order valence-corrected chi connectivity index (χ3v) is 4.83. The molecular formula is C19H24BrN3O9. The average Bonchev–Trinajstić information content (AvgIpc) is 2.70. The van der Waals surface area contributed by atoms with Gasteiger partial charge in [0.25, 0.3) is 0 Å². The second-order valence-electron chi connectivity index (χ2n) is 6.73. The Morgan fingerprint density at radius 1 is 0.844 bits per heavy atom. The molecule has 32 heavy (non-hydrogen) atoms. The Balaban J connectivity index is 3.28. The number of carboxylic acid groups (broad SMARTS) is 4. The van der Waals surface area contributed by atoms with E-state index in [0.717, 1.165) is 9.80 Å². The van der Waals surface area contributed by atoms with Crippen molar-refractivity contribution in [3.05, 3.63) is 35.9 Å². The molecule has 0 aliphatic carbocycles. The van der Waals surface area contributed by atoms with E-state index in [-0.39, 0.29) is 18.4 Å². The summed E-state index contributed by atoms with van der Waals surface area (Å²) in [4.78, 5) is 59.8. The van der Waals surface area contributed by atoms with E-state index in [0.29, 0.717) is 5.56 Å². The highest BCUT2D eigenvalue weighted by Gasteiger charge is 2.37. The van der Waals surface area contributed by atoms with E-state index in [1.807, 2.05) is 0 Å². The van der Waals surface area contributed by atoms with E-state index in [1.165, 1.54) is 0 Å². The molecule has 2 unspecified atom stereocenters. The third-order valence-electron chi connectivity index (χ3n) is 4.32. The second-order valence-corrected chi connectivity index (χ2v) is 7.30. The number of nitrogens with one attached hydrogen (secondary N) is 1. The summed E-state index contributed by atoms with van der Waals surface area (Å²) >= 11 is 2.99. The van der Waals surface area contributed by atoms with E-state index < -0.39 is 61.5 Å². The minimum atomic E-state index is -1.53. The van der Waals surface area contributed by atoms with E-state index in [1.54, 1.807) is 30.3 Å². The number of rotatable bonds is 15. The molecule has 1 rings (SSSR count). The fourth-order valence-electron chi connectivity index (χ4n) is 3.08. The lowest BCUT2D eigenvalue weighted by Gasteiger charge is -2.35. The van der Waals surface area contributed by atoms with Gasteiger partial charge in [0.1, 0.15) is 6.04 Å². The summed E-state index contributed by atoms with van der Waals surface area (Å²) in [5.41, 5.74) is 0.414.